The first-order chi connectivity index (χ1) is 15.2. The van der Waals surface area contributed by atoms with E-state index in [-0.39, 0.29) is 23.1 Å². The molecule has 0 aliphatic heterocycles. The van der Waals surface area contributed by atoms with Crippen LogP contribution >= 0.6 is 0 Å². The molecule has 1 aromatic heterocycles. The van der Waals surface area contributed by atoms with Crippen LogP contribution in [0.3, 0.4) is 0 Å². The van der Waals surface area contributed by atoms with E-state index in [4.69, 9.17) is 9.47 Å². The van der Waals surface area contributed by atoms with Crippen LogP contribution in [-0.4, -0.2) is 35.2 Å². The van der Waals surface area contributed by atoms with Crippen LogP contribution in [0.5, 0.6) is 11.5 Å². The molecule has 0 radical (unpaired) electrons. The second-order valence-corrected chi connectivity index (χ2v) is 8.20. The number of carbonyl (C=O) groups is 1. The number of aromatic nitrogens is 2. The van der Waals surface area contributed by atoms with Crippen molar-refractivity contribution in [2.24, 2.45) is 0 Å². The number of benzene rings is 2. The summed E-state index contributed by atoms with van der Waals surface area (Å²) in [4.78, 5) is 17.1. The average molecular weight is 440 g/mol. The van der Waals surface area contributed by atoms with Crippen LogP contribution in [0.25, 0.3) is 16.7 Å². The Labute approximate surface area is 183 Å². The fraction of sp³-hybridized carbons (Fsp3) is 0.348. The molecule has 7 nitrogen and oxygen atoms in total. The summed E-state index contributed by atoms with van der Waals surface area (Å²) < 4.78 is 38.0. The van der Waals surface area contributed by atoms with Crippen LogP contribution in [0.1, 0.15) is 42.6 Å². The number of nitrogens with zero attached hydrogens (tertiary/aromatic N) is 3. The van der Waals surface area contributed by atoms with Crippen LogP contribution in [-0.2, 0) is 5.41 Å². The van der Waals surface area contributed by atoms with Crippen molar-refractivity contribution in [1.82, 2.24) is 14.9 Å². The first-order valence-corrected chi connectivity index (χ1v) is 10.1. The first kappa shape index (κ1) is 21.6. The van der Waals surface area contributed by atoms with Gasteiger partial charge in [-0.25, -0.2) is 4.98 Å². The molecule has 0 bridgehead atoms. The normalized spacial score (nSPS) is 13.8. The van der Waals surface area contributed by atoms with E-state index in [1.165, 1.54) is 13.2 Å². The Bertz CT molecular complexity index is 1230. The summed E-state index contributed by atoms with van der Waals surface area (Å²) >= 11 is 0. The molecule has 3 aromatic rings. The summed E-state index contributed by atoms with van der Waals surface area (Å²) in [5, 5.41) is 12.2. The molecule has 0 atom stereocenters. The van der Waals surface area contributed by atoms with Crippen molar-refractivity contribution in [2.45, 2.75) is 44.8 Å². The molecule has 1 N–H and O–H groups in total. The lowest BCUT2D eigenvalue weighted by Gasteiger charge is -2.17. The SMILES string of the molecule is COc1cc(-n2cnc3cc(C(C)(C)C#N)ccc32)cc(OC(F)F)c1C(=O)NC1CC1. The van der Waals surface area contributed by atoms with Crippen LogP contribution in [0.4, 0.5) is 8.78 Å². The molecule has 1 fully saturated rings. The van der Waals surface area contributed by atoms with Gasteiger partial charge in [-0.1, -0.05) is 6.07 Å². The Kier molecular flexibility index (Phi) is 5.46. The number of hydrogen-bond acceptors (Lipinski definition) is 5. The highest BCUT2D eigenvalue weighted by molar-refractivity contribution is 6.00. The molecule has 0 spiro atoms. The standard InChI is InChI=1S/C23H22F2N4O3/c1-23(2,11-26)13-4-7-17-16(8-13)27-12-29(17)15-9-18(31-3)20(19(10-15)32-22(24)25)21(30)28-14-5-6-14/h4,7-10,12,14,22H,5-6H2,1-3H3,(H,28,30). The van der Waals surface area contributed by atoms with E-state index in [2.05, 4.69) is 16.4 Å². The Morgan fingerprint density at radius 2 is 2.00 bits per heavy atom. The number of halogens is 2. The molecule has 166 valence electrons. The van der Waals surface area contributed by atoms with Crippen molar-refractivity contribution in [1.29, 1.82) is 5.26 Å². The zero-order valence-electron chi connectivity index (χ0n) is 17.9. The lowest BCUT2D eigenvalue weighted by atomic mass is 9.86. The smallest absolute Gasteiger partial charge is 0.387 e. The van der Waals surface area contributed by atoms with E-state index in [1.54, 1.807) is 17.0 Å². The molecular formula is C23H22F2N4O3. The number of nitriles is 1. The molecule has 1 amide bonds. The second-order valence-electron chi connectivity index (χ2n) is 8.20. The molecular weight excluding hydrogens is 418 g/mol. The Hall–Kier alpha value is -3.67. The summed E-state index contributed by atoms with van der Waals surface area (Å²) in [5.74, 6) is -0.692. The summed E-state index contributed by atoms with van der Waals surface area (Å²) in [6, 6.07) is 10.7. The first-order valence-electron chi connectivity index (χ1n) is 10.1. The van der Waals surface area contributed by atoms with Crippen molar-refractivity contribution in [2.75, 3.05) is 7.11 Å². The van der Waals surface area contributed by atoms with Crippen LogP contribution in [0, 0.1) is 11.3 Å². The number of imidazole rings is 1. The number of hydrogen-bond donors (Lipinski definition) is 1. The number of fused-ring (bicyclic) bond motifs is 1. The quantitative estimate of drug-likeness (QED) is 0.591. The van der Waals surface area contributed by atoms with E-state index in [1.807, 2.05) is 32.0 Å². The molecule has 1 heterocycles. The largest absolute Gasteiger partial charge is 0.496 e. The van der Waals surface area contributed by atoms with Gasteiger partial charge in [-0.3, -0.25) is 9.36 Å². The van der Waals surface area contributed by atoms with Crippen molar-refractivity contribution >= 4 is 16.9 Å². The minimum Gasteiger partial charge on any atom is -0.496 e. The van der Waals surface area contributed by atoms with E-state index < -0.39 is 17.9 Å². The highest BCUT2D eigenvalue weighted by Crippen LogP contribution is 2.35. The number of nitrogens with one attached hydrogen (secondary N) is 1. The third-order valence-corrected chi connectivity index (χ3v) is 5.45. The predicted molar refractivity (Wildman–Crippen MR) is 113 cm³/mol. The Morgan fingerprint density at radius 3 is 2.62 bits per heavy atom. The zero-order chi connectivity index (χ0) is 23.0. The topological polar surface area (TPSA) is 89.2 Å². The van der Waals surface area contributed by atoms with Crippen molar-refractivity contribution in [3.63, 3.8) is 0 Å². The van der Waals surface area contributed by atoms with Gasteiger partial charge in [-0.2, -0.15) is 14.0 Å². The van der Waals surface area contributed by atoms with Gasteiger partial charge in [0.1, 0.15) is 23.4 Å². The van der Waals surface area contributed by atoms with Gasteiger partial charge < -0.3 is 14.8 Å². The maximum Gasteiger partial charge on any atom is 0.387 e. The highest BCUT2D eigenvalue weighted by atomic mass is 19.3. The molecule has 9 heteroatoms. The number of amides is 1. The number of alkyl halides is 2. The van der Waals surface area contributed by atoms with Gasteiger partial charge in [-0.15, -0.1) is 0 Å². The number of rotatable bonds is 7. The fourth-order valence-electron chi connectivity index (χ4n) is 3.45. The monoisotopic (exact) mass is 440 g/mol. The minimum absolute atomic E-state index is 0.0377. The molecule has 32 heavy (non-hydrogen) atoms. The lowest BCUT2D eigenvalue weighted by molar-refractivity contribution is -0.0502. The summed E-state index contributed by atoms with van der Waals surface area (Å²) in [5.41, 5.74) is 1.82. The molecule has 4 rings (SSSR count). The van der Waals surface area contributed by atoms with E-state index in [0.717, 1.165) is 18.4 Å². The fourth-order valence-corrected chi connectivity index (χ4v) is 3.45. The van der Waals surface area contributed by atoms with Crippen molar-refractivity contribution < 1.29 is 23.0 Å². The Morgan fingerprint density at radius 1 is 1.28 bits per heavy atom. The molecule has 1 aliphatic rings. The summed E-state index contributed by atoms with van der Waals surface area (Å²) in [6.45, 7) is 0.517. The van der Waals surface area contributed by atoms with Gasteiger partial charge in [-0.05, 0) is 44.4 Å². The van der Waals surface area contributed by atoms with E-state index in [0.29, 0.717) is 16.7 Å². The molecule has 0 saturated heterocycles. The zero-order valence-corrected chi connectivity index (χ0v) is 17.9. The van der Waals surface area contributed by atoms with Gasteiger partial charge in [0.25, 0.3) is 5.91 Å². The lowest BCUT2D eigenvalue weighted by Crippen LogP contribution is -2.27. The summed E-state index contributed by atoms with van der Waals surface area (Å²) in [6.07, 6.45) is 3.24. The number of carbonyl (C=O) groups excluding carboxylic acids is 1. The third-order valence-electron chi connectivity index (χ3n) is 5.45. The van der Waals surface area contributed by atoms with Crippen LogP contribution in [0.15, 0.2) is 36.7 Å². The van der Waals surface area contributed by atoms with Crippen LogP contribution < -0.4 is 14.8 Å². The predicted octanol–water partition coefficient (Wildman–Crippen LogP) is 4.33. The minimum atomic E-state index is -3.11. The third kappa shape index (κ3) is 4.08. The van der Waals surface area contributed by atoms with Gasteiger partial charge in [0, 0.05) is 18.2 Å². The number of ether oxygens (including phenoxy) is 2. The van der Waals surface area contributed by atoms with E-state index >= 15 is 0 Å². The maximum absolute atomic E-state index is 13.2. The number of methoxy groups -OCH3 is 1. The van der Waals surface area contributed by atoms with Gasteiger partial charge in [0.2, 0.25) is 0 Å². The van der Waals surface area contributed by atoms with Crippen molar-refractivity contribution in [3.05, 3.63) is 47.8 Å². The van der Waals surface area contributed by atoms with Gasteiger partial charge >= 0.3 is 6.61 Å². The average Bonchev–Trinajstić information content (AvgIpc) is 3.47. The molecule has 0 unspecified atom stereocenters. The maximum atomic E-state index is 13.2. The van der Waals surface area contributed by atoms with Crippen LogP contribution in [0.2, 0.25) is 0 Å². The molecule has 1 saturated carbocycles. The van der Waals surface area contributed by atoms with E-state index in [9.17, 15) is 18.8 Å². The van der Waals surface area contributed by atoms with Crippen molar-refractivity contribution in [3.8, 4) is 23.3 Å². The van der Waals surface area contributed by atoms with Gasteiger partial charge in [0.15, 0.2) is 0 Å². The highest BCUT2D eigenvalue weighted by Gasteiger charge is 2.29. The molecule has 1 aliphatic carbocycles. The summed E-state index contributed by atoms with van der Waals surface area (Å²) in [7, 11) is 1.36. The van der Waals surface area contributed by atoms with Gasteiger partial charge in [0.05, 0.1) is 35.3 Å². The second kappa shape index (κ2) is 8.11. The molecule has 2 aromatic carbocycles. The Balaban J connectivity index is 1.82.